The maximum atomic E-state index is 11.8. The molecule has 22 heavy (non-hydrogen) atoms. The van der Waals surface area contributed by atoms with Gasteiger partial charge in [-0.25, -0.2) is 0 Å². The lowest BCUT2D eigenvalue weighted by molar-refractivity contribution is -0.152. The molecule has 1 aliphatic carbocycles. The van der Waals surface area contributed by atoms with E-state index in [0.29, 0.717) is 24.9 Å². The van der Waals surface area contributed by atoms with Crippen LogP contribution in [0.1, 0.15) is 18.4 Å². The van der Waals surface area contributed by atoms with E-state index in [2.05, 4.69) is 0 Å². The molecule has 0 aliphatic heterocycles. The van der Waals surface area contributed by atoms with Gasteiger partial charge in [0, 0.05) is 0 Å². The molecule has 0 radical (unpaired) electrons. The Morgan fingerprint density at radius 3 is 2.45 bits per heavy atom. The van der Waals surface area contributed by atoms with Crippen LogP contribution in [0, 0.1) is 5.41 Å². The van der Waals surface area contributed by atoms with Crippen LogP contribution in [0.2, 0.25) is 0 Å². The topological polar surface area (TPSA) is 52.6 Å². The van der Waals surface area contributed by atoms with Crippen LogP contribution < -0.4 is 4.74 Å². The van der Waals surface area contributed by atoms with Gasteiger partial charge in [-0.15, -0.1) is 0 Å². The molecule has 2 aromatic carbocycles. The number of hydrogen-bond donors (Lipinski definition) is 0. The first kappa shape index (κ1) is 14.3. The van der Waals surface area contributed by atoms with Gasteiger partial charge in [-0.3, -0.25) is 4.79 Å². The highest BCUT2D eigenvalue weighted by Gasteiger charge is 2.51. The second-order valence-electron chi connectivity index (χ2n) is 5.41. The highest BCUT2D eigenvalue weighted by molar-refractivity contribution is 5.96. The van der Waals surface area contributed by atoms with Gasteiger partial charge < -0.3 is 14.3 Å². The van der Waals surface area contributed by atoms with Gasteiger partial charge in [0.05, 0.1) is 0 Å². The van der Waals surface area contributed by atoms with Crippen molar-refractivity contribution in [2.45, 2.75) is 19.4 Å². The summed E-state index contributed by atoms with van der Waals surface area (Å²) in [4.78, 5) is 22.7. The summed E-state index contributed by atoms with van der Waals surface area (Å²) in [5.41, 5.74) is -0.0542. The molecule has 3 rings (SSSR count). The summed E-state index contributed by atoms with van der Waals surface area (Å²) in [7, 11) is 0. The second kappa shape index (κ2) is 6.02. The summed E-state index contributed by atoms with van der Waals surface area (Å²) in [5.74, 6) is 0.989. The van der Waals surface area contributed by atoms with Crippen molar-refractivity contribution >= 4 is 12.3 Å². The summed E-state index contributed by atoms with van der Waals surface area (Å²) >= 11 is 0. The van der Waals surface area contributed by atoms with E-state index in [1.807, 2.05) is 54.6 Å². The number of hydrogen-bond acceptors (Lipinski definition) is 4. The molecule has 0 amide bonds. The van der Waals surface area contributed by atoms with Crippen molar-refractivity contribution in [3.05, 3.63) is 60.2 Å². The van der Waals surface area contributed by atoms with Crippen LogP contribution in [0.25, 0.3) is 0 Å². The maximum absolute atomic E-state index is 11.8. The molecule has 0 spiro atoms. The molecule has 0 saturated heterocycles. The molecule has 0 bridgehead atoms. The van der Waals surface area contributed by atoms with Crippen molar-refractivity contribution in [3.8, 4) is 11.5 Å². The third-order valence-electron chi connectivity index (χ3n) is 3.67. The van der Waals surface area contributed by atoms with Gasteiger partial charge in [-0.1, -0.05) is 30.3 Å². The summed E-state index contributed by atoms with van der Waals surface area (Å²) in [5, 5.41) is 0. The van der Waals surface area contributed by atoms with Crippen molar-refractivity contribution in [3.63, 3.8) is 0 Å². The van der Waals surface area contributed by atoms with Crippen LogP contribution in [0.3, 0.4) is 0 Å². The minimum Gasteiger partial charge on any atom is -0.460 e. The fourth-order valence-corrected chi connectivity index (χ4v) is 2.12. The molecule has 0 aromatic heterocycles. The summed E-state index contributed by atoms with van der Waals surface area (Å²) in [6, 6.07) is 16.8. The van der Waals surface area contributed by atoms with E-state index >= 15 is 0 Å². The number of rotatable bonds is 6. The Hall–Kier alpha value is -2.62. The Morgan fingerprint density at radius 1 is 1.05 bits per heavy atom. The molecule has 1 aliphatic rings. The van der Waals surface area contributed by atoms with E-state index in [1.165, 1.54) is 0 Å². The van der Waals surface area contributed by atoms with Crippen LogP contribution in [-0.4, -0.2) is 12.3 Å². The fourth-order valence-electron chi connectivity index (χ4n) is 2.12. The summed E-state index contributed by atoms with van der Waals surface area (Å²) in [6.45, 7) is 0.139. The number of esters is 1. The first-order valence-corrected chi connectivity index (χ1v) is 7.17. The van der Waals surface area contributed by atoms with Gasteiger partial charge in [-0.05, 0) is 42.7 Å². The molecule has 0 unspecified atom stereocenters. The largest absolute Gasteiger partial charge is 0.460 e. The Kier molecular flexibility index (Phi) is 3.92. The Morgan fingerprint density at radius 2 is 1.77 bits per heavy atom. The first-order valence-electron chi connectivity index (χ1n) is 7.17. The fraction of sp³-hybridized carbons (Fsp3) is 0.222. The average molecular weight is 296 g/mol. The number of carbonyl (C=O) groups is 2. The summed E-state index contributed by atoms with van der Waals surface area (Å²) < 4.78 is 11.0. The molecule has 0 atom stereocenters. The SMILES string of the molecule is O=CC1(C(=O)OCc2cccc(Oc3ccccc3)c2)CC1. The molecule has 1 fully saturated rings. The van der Waals surface area contributed by atoms with Crippen molar-refractivity contribution < 1.29 is 19.1 Å². The van der Waals surface area contributed by atoms with E-state index in [1.54, 1.807) is 0 Å². The minimum atomic E-state index is -0.877. The first-order chi connectivity index (χ1) is 10.7. The number of benzene rings is 2. The summed E-state index contributed by atoms with van der Waals surface area (Å²) in [6.07, 6.45) is 1.88. The van der Waals surface area contributed by atoms with E-state index in [0.717, 1.165) is 11.3 Å². The predicted molar refractivity (Wildman–Crippen MR) is 80.5 cm³/mol. The zero-order valence-corrected chi connectivity index (χ0v) is 12.0. The molecule has 0 N–H and O–H groups in total. The van der Waals surface area contributed by atoms with Gasteiger partial charge in [0.15, 0.2) is 0 Å². The number of carbonyl (C=O) groups excluding carboxylic acids is 2. The highest BCUT2D eigenvalue weighted by atomic mass is 16.5. The van der Waals surface area contributed by atoms with E-state index in [-0.39, 0.29) is 6.61 Å². The predicted octanol–water partition coefficient (Wildman–Crippen LogP) is 3.50. The molecule has 4 heteroatoms. The van der Waals surface area contributed by atoms with E-state index < -0.39 is 11.4 Å². The zero-order chi connectivity index (χ0) is 15.4. The number of para-hydroxylation sites is 1. The van der Waals surface area contributed by atoms with Crippen molar-refractivity contribution in [2.24, 2.45) is 5.41 Å². The third-order valence-corrected chi connectivity index (χ3v) is 3.67. The molecule has 2 aromatic rings. The van der Waals surface area contributed by atoms with Crippen LogP contribution in [0.4, 0.5) is 0 Å². The maximum Gasteiger partial charge on any atom is 0.319 e. The van der Waals surface area contributed by atoms with Gasteiger partial charge in [0.25, 0.3) is 0 Å². The van der Waals surface area contributed by atoms with Crippen LogP contribution in [0.5, 0.6) is 11.5 Å². The third kappa shape index (κ3) is 3.17. The number of aldehydes is 1. The lowest BCUT2D eigenvalue weighted by atomic mass is 10.1. The molecule has 4 nitrogen and oxygen atoms in total. The van der Waals surface area contributed by atoms with Crippen molar-refractivity contribution in [1.29, 1.82) is 0 Å². The number of ether oxygens (including phenoxy) is 2. The normalized spacial score (nSPS) is 14.9. The van der Waals surface area contributed by atoms with Crippen molar-refractivity contribution in [2.75, 3.05) is 0 Å². The molecule has 112 valence electrons. The molecule has 0 heterocycles. The van der Waals surface area contributed by atoms with Crippen molar-refractivity contribution in [1.82, 2.24) is 0 Å². The lowest BCUT2D eigenvalue weighted by Gasteiger charge is -2.10. The Labute approximate surface area is 128 Å². The van der Waals surface area contributed by atoms with Crippen LogP contribution in [-0.2, 0) is 20.9 Å². The lowest BCUT2D eigenvalue weighted by Crippen LogP contribution is -2.20. The van der Waals surface area contributed by atoms with Crippen LogP contribution >= 0.6 is 0 Å². The molecule has 1 saturated carbocycles. The van der Waals surface area contributed by atoms with Gasteiger partial charge in [0.2, 0.25) is 0 Å². The minimum absolute atomic E-state index is 0.139. The highest BCUT2D eigenvalue weighted by Crippen LogP contribution is 2.44. The van der Waals surface area contributed by atoms with Gasteiger partial charge >= 0.3 is 5.97 Å². The second-order valence-corrected chi connectivity index (χ2v) is 5.41. The Balaban J connectivity index is 1.62. The quantitative estimate of drug-likeness (QED) is 0.465. The smallest absolute Gasteiger partial charge is 0.319 e. The van der Waals surface area contributed by atoms with Gasteiger partial charge in [-0.2, -0.15) is 0 Å². The zero-order valence-electron chi connectivity index (χ0n) is 12.0. The van der Waals surface area contributed by atoms with Crippen LogP contribution in [0.15, 0.2) is 54.6 Å². The van der Waals surface area contributed by atoms with Gasteiger partial charge in [0.1, 0.15) is 29.8 Å². The average Bonchev–Trinajstić information content (AvgIpc) is 3.35. The molecular formula is C18H16O4. The molecular weight excluding hydrogens is 280 g/mol. The van der Waals surface area contributed by atoms with E-state index in [9.17, 15) is 9.59 Å². The standard InChI is InChI=1S/C18H16O4/c19-13-18(9-10-18)17(20)21-12-14-5-4-8-16(11-14)22-15-6-2-1-3-7-15/h1-8,11,13H,9-10,12H2. The Bertz CT molecular complexity index is 674. The van der Waals surface area contributed by atoms with E-state index in [4.69, 9.17) is 9.47 Å². The monoisotopic (exact) mass is 296 g/mol.